The second-order valence-electron chi connectivity index (χ2n) is 6.79. The van der Waals surface area contributed by atoms with Gasteiger partial charge in [0.15, 0.2) is 5.78 Å². The van der Waals surface area contributed by atoms with Gasteiger partial charge in [0.2, 0.25) is 0 Å². The predicted molar refractivity (Wildman–Crippen MR) is 114 cm³/mol. The van der Waals surface area contributed by atoms with Crippen LogP contribution >= 0.6 is 11.8 Å². The Morgan fingerprint density at radius 3 is 2.61 bits per heavy atom. The highest BCUT2D eigenvalue weighted by Crippen LogP contribution is 2.52. The van der Waals surface area contributed by atoms with Crippen molar-refractivity contribution in [2.75, 3.05) is 11.9 Å². The largest absolute Gasteiger partial charge is 0.494 e. The van der Waals surface area contributed by atoms with Crippen LogP contribution in [0.3, 0.4) is 0 Å². The number of nitrogens with one attached hydrogen (secondary N) is 1. The van der Waals surface area contributed by atoms with Crippen LogP contribution in [0.15, 0.2) is 83.3 Å². The molecule has 2 aliphatic rings. The van der Waals surface area contributed by atoms with Crippen LogP contribution in [0, 0.1) is 0 Å². The molecule has 1 N–H and O–H groups in total. The number of anilines is 1. The zero-order valence-electron chi connectivity index (χ0n) is 15.4. The third kappa shape index (κ3) is 2.72. The summed E-state index contributed by atoms with van der Waals surface area (Å²) in [6, 6.07) is 24.2. The lowest BCUT2D eigenvalue weighted by Crippen LogP contribution is -2.08. The van der Waals surface area contributed by atoms with Gasteiger partial charge in [-0.2, -0.15) is 0 Å². The minimum Gasteiger partial charge on any atom is -0.494 e. The van der Waals surface area contributed by atoms with Gasteiger partial charge in [0.25, 0.3) is 0 Å². The van der Waals surface area contributed by atoms with E-state index in [0.717, 1.165) is 44.3 Å². The average molecular weight is 385 g/mol. The van der Waals surface area contributed by atoms with E-state index in [1.165, 1.54) is 0 Å². The molecule has 1 aliphatic heterocycles. The van der Waals surface area contributed by atoms with Crippen LogP contribution in [0.4, 0.5) is 5.69 Å². The van der Waals surface area contributed by atoms with Gasteiger partial charge in [-0.25, -0.2) is 0 Å². The molecule has 3 aromatic carbocycles. The van der Waals surface area contributed by atoms with Gasteiger partial charge in [-0.15, -0.1) is 11.8 Å². The molecule has 0 aromatic heterocycles. The fourth-order valence-electron chi connectivity index (χ4n) is 3.85. The molecule has 3 nitrogen and oxygen atoms in total. The van der Waals surface area contributed by atoms with E-state index in [0.29, 0.717) is 6.61 Å². The summed E-state index contributed by atoms with van der Waals surface area (Å²) in [6.07, 6.45) is 0. The number of thioether (sulfide) groups is 1. The van der Waals surface area contributed by atoms with E-state index in [9.17, 15) is 4.79 Å². The summed E-state index contributed by atoms with van der Waals surface area (Å²) >= 11 is 1.71. The van der Waals surface area contributed by atoms with E-state index in [2.05, 4.69) is 29.6 Å². The molecule has 0 saturated carbocycles. The minimum absolute atomic E-state index is 0.102. The van der Waals surface area contributed by atoms with E-state index >= 15 is 0 Å². The van der Waals surface area contributed by atoms with Crippen LogP contribution in [0.25, 0.3) is 5.70 Å². The lowest BCUT2D eigenvalue weighted by atomic mass is 10.0. The first kappa shape index (κ1) is 17.1. The fourth-order valence-corrected chi connectivity index (χ4v) is 5.13. The van der Waals surface area contributed by atoms with Crippen LogP contribution in [-0.4, -0.2) is 12.4 Å². The second-order valence-corrected chi connectivity index (χ2v) is 7.93. The van der Waals surface area contributed by atoms with Crippen molar-refractivity contribution in [3.8, 4) is 5.75 Å². The van der Waals surface area contributed by atoms with Gasteiger partial charge in [-0.1, -0.05) is 48.5 Å². The summed E-state index contributed by atoms with van der Waals surface area (Å²) in [5.41, 5.74) is 5.59. The number of carbonyl (C=O) groups is 1. The van der Waals surface area contributed by atoms with Gasteiger partial charge in [0.05, 0.1) is 23.2 Å². The first-order valence-electron chi connectivity index (χ1n) is 9.40. The Morgan fingerprint density at radius 2 is 1.75 bits per heavy atom. The van der Waals surface area contributed by atoms with Crippen LogP contribution in [0.5, 0.6) is 5.75 Å². The molecular formula is C24H19NO2S. The summed E-state index contributed by atoms with van der Waals surface area (Å²) in [6.45, 7) is 2.59. The molecule has 4 heteroatoms. The second kappa shape index (κ2) is 6.88. The topological polar surface area (TPSA) is 38.3 Å². The maximum atomic E-state index is 13.4. The summed E-state index contributed by atoms with van der Waals surface area (Å²) in [7, 11) is 0. The van der Waals surface area contributed by atoms with Crippen molar-refractivity contribution in [3.63, 3.8) is 0 Å². The molecule has 3 aromatic rings. The highest BCUT2D eigenvalue weighted by Gasteiger charge is 2.38. The van der Waals surface area contributed by atoms with Crippen molar-refractivity contribution in [2.24, 2.45) is 0 Å². The first-order chi connectivity index (χ1) is 13.8. The standard InChI is InChI=1S/C24H19NO2S/c1-2-27-16-9-7-8-15(14-16)24-21-22(17-10-3-4-11-18(17)23(21)26)25-19-12-5-6-13-20(19)28-24/h3-14,24-25H,2H2,1H3/t24-/m0/s1. The number of fused-ring (bicyclic) bond motifs is 3. The Kier molecular flexibility index (Phi) is 4.21. The van der Waals surface area contributed by atoms with E-state index < -0.39 is 0 Å². The third-order valence-corrected chi connectivity index (χ3v) is 6.43. The minimum atomic E-state index is -0.105. The Balaban J connectivity index is 1.71. The van der Waals surface area contributed by atoms with Gasteiger partial charge >= 0.3 is 0 Å². The smallest absolute Gasteiger partial charge is 0.193 e. The number of ketones is 1. The van der Waals surface area contributed by atoms with Gasteiger partial charge in [-0.05, 0) is 36.8 Å². The molecule has 0 spiro atoms. The highest BCUT2D eigenvalue weighted by molar-refractivity contribution is 8.00. The summed E-state index contributed by atoms with van der Waals surface area (Å²) in [5, 5.41) is 3.45. The maximum absolute atomic E-state index is 13.4. The normalized spacial score (nSPS) is 17.3. The number of hydrogen-bond acceptors (Lipinski definition) is 4. The molecule has 0 unspecified atom stereocenters. The van der Waals surface area contributed by atoms with Gasteiger partial charge < -0.3 is 10.1 Å². The molecule has 28 heavy (non-hydrogen) atoms. The van der Waals surface area contributed by atoms with Gasteiger partial charge in [0.1, 0.15) is 5.75 Å². The van der Waals surface area contributed by atoms with Crippen molar-refractivity contribution in [1.29, 1.82) is 0 Å². The van der Waals surface area contributed by atoms with E-state index in [1.807, 2.05) is 55.5 Å². The molecule has 0 bridgehead atoms. The highest BCUT2D eigenvalue weighted by atomic mass is 32.2. The summed E-state index contributed by atoms with van der Waals surface area (Å²) in [5.74, 6) is 0.932. The van der Waals surface area contributed by atoms with Crippen LogP contribution in [0.2, 0.25) is 0 Å². The number of ether oxygens (including phenoxy) is 1. The number of rotatable bonds is 3. The molecular weight excluding hydrogens is 366 g/mol. The SMILES string of the molecule is CCOc1cccc([C@@H]2Sc3ccccc3NC3=C2C(=O)c2ccccc23)c1. The molecule has 5 rings (SSSR count). The van der Waals surface area contributed by atoms with Crippen LogP contribution in [-0.2, 0) is 0 Å². The lowest BCUT2D eigenvalue weighted by molar-refractivity contribution is 0.103. The van der Waals surface area contributed by atoms with Gasteiger partial charge in [0, 0.05) is 21.6 Å². The quantitative estimate of drug-likeness (QED) is 0.604. The number of benzene rings is 3. The zero-order chi connectivity index (χ0) is 19.1. The Labute approximate surface area is 168 Å². The number of hydrogen-bond donors (Lipinski definition) is 1. The number of carbonyl (C=O) groups excluding carboxylic acids is 1. The fraction of sp³-hybridized carbons (Fsp3) is 0.125. The molecule has 0 fully saturated rings. The van der Waals surface area contributed by atoms with E-state index in [1.54, 1.807) is 11.8 Å². The molecule has 138 valence electrons. The van der Waals surface area contributed by atoms with Crippen LogP contribution in [0.1, 0.15) is 33.7 Å². The number of Topliss-reactive ketones (excluding diaryl/α,β-unsaturated/α-hetero) is 1. The zero-order valence-corrected chi connectivity index (χ0v) is 16.3. The predicted octanol–water partition coefficient (Wildman–Crippen LogP) is 5.95. The van der Waals surface area contributed by atoms with E-state index in [-0.39, 0.29) is 11.0 Å². The van der Waals surface area contributed by atoms with Crippen LogP contribution < -0.4 is 10.1 Å². The summed E-state index contributed by atoms with van der Waals surface area (Å²) < 4.78 is 5.71. The molecule has 0 radical (unpaired) electrons. The molecule has 1 aliphatic carbocycles. The van der Waals surface area contributed by atoms with Gasteiger partial charge in [-0.3, -0.25) is 4.79 Å². The van der Waals surface area contributed by atoms with Crippen molar-refractivity contribution < 1.29 is 9.53 Å². The van der Waals surface area contributed by atoms with Crippen molar-refractivity contribution >= 4 is 28.9 Å². The van der Waals surface area contributed by atoms with Crippen molar-refractivity contribution in [2.45, 2.75) is 17.1 Å². The monoisotopic (exact) mass is 385 g/mol. The maximum Gasteiger partial charge on any atom is 0.193 e. The third-order valence-electron chi connectivity index (χ3n) is 5.08. The average Bonchev–Trinajstić information content (AvgIpc) is 2.89. The number of para-hydroxylation sites is 1. The Bertz CT molecular complexity index is 1120. The Morgan fingerprint density at radius 1 is 0.964 bits per heavy atom. The first-order valence-corrected chi connectivity index (χ1v) is 10.3. The van der Waals surface area contributed by atoms with E-state index in [4.69, 9.17) is 4.74 Å². The molecule has 0 saturated heterocycles. The lowest BCUT2D eigenvalue weighted by Gasteiger charge is -2.18. The van der Waals surface area contributed by atoms with Crippen molar-refractivity contribution in [1.82, 2.24) is 0 Å². The molecule has 1 heterocycles. The summed E-state index contributed by atoms with van der Waals surface area (Å²) in [4.78, 5) is 14.5. The van der Waals surface area contributed by atoms with Crippen molar-refractivity contribution in [3.05, 3.63) is 95.1 Å². The molecule has 1 atom stereocenters. The Hall–Kier alpha value is -2.98. The molecule has 0 amide bonds.